The molecule has 4 aliphatic rings. The van der Waals surface area contributed by atoms with E-state index in [4.69, 9.17) is 9.84 Å². The number of rotatable bonds is 4. The minimum absolute atomic E-state index is 0.155. The van der Waals surface area contributed by atoms with Crippen molar-refractivity contribution in [2.45, 2.75) is 76.5 Å². The lowest BCUT2D eigenvalue weighted by atomic mass is 9.80. The quantitative estimate of drug-likeness (QED) is 0.894. The van der Waals surface area contributed by atoms with Crippen LogP contribution in [0.25, 0.3) is 0 Å². The van der Waals surface area contributed by atoms with Gasteiger partial charge in [0.15, 0.2) is 0 Å². The molecule has 2 saturated carbocycles. The maximum Gasteiger partial charge on any atom is 0.227 e. The van der Waals surface area contributed by atoms with Crippen molar-refractivity contribution in [2.75, 3.05) is 24.7 Å². The van der Waals surface area contributed by atoms with E-state index < -0.39 is 0 Å². The van der Waals surface area contributed by atoms with Crippen LogP contribution in [0.1, 0.15) is 63.6 Å². The van der Waals surface area contributed by atoms with E-state index in [0.29, 0.717) is 17.9 Å². The maximum absolute atomic E-state index is 9.77. The fraction of sp³-hybridized carbons (Fsp3) is 0.900. The molecule has 2 aliphatic carbocycles. The molecule has 0 spiro atoms. The lowest BCUT2D eigenvalue weighted by molar-refractivity contribution is 0.0699. The van der Waals surface area contributed by atoms with Crippen LogP contribution in [0.15, 0.2) is 0 Å². The normalized spacial score (nSPS) is 39.8. The third kappa shape index (κ3) is 2.85. The minimum Gasteiger partial charge on any atom is -0.393 e. The van der Waals surface area contributed by atoms with Gasteiger partial charge >= 0.3 is 0 Å². The number of aromatic nitrogens is 3. The van der Waals surface area contributed by atoms with E-state index in [1.165, 1.54) is 25.7 Å². The molecule has 4 atom stereocenters. The van der Waals surface area contributed by atoms with Crippen LogP contribution in [-0.2, 0) is 11.3 Å². The minimum atomic E-state index is -0.155. The van der Waals surface area contributed by atoms with E-state index in [1.807, 2.05) is 0 Å². The number of fused-ring (bicyclic) bond motifs is 1. The number of nitrogens with zero attached hydrogens (tertiary/aromatic N) is 4. The van der Waals surface area contributed by atoms with Gasteiger partial charge in [-0.1, -0.05) is 19.8 Å². The number of anilines is 1. The van der Waals surface area contributed by atoms with Crippen molar-refractivity contribution in [3.63, 3.8) is 0 Å². The van der Waals surface area contributed by atoms with Crippen LogP contribution in [0.5, 0.6) is 0 Å². The van der Waals surface area contributed by atoms with Crippen LogP contribution in [0.3, 0.4) is 0 Å². The number of aliphatic hydroxyl groups excluding tert-OH is 1. The zero-order chi connectivity index (χ0) is 17.7. The fourth-order valence-corrected chi connectivity index (χ4v) is 5.78. The van der Waals surface area contributed by atoms with Crippen LogP contribution in [0.2, 0.25) is 0 Å². The van der Waals surface area contributed by atoms with Gasteiger partial charge in [-0.25, -0.2) is 0 Å². The van der Waals surface area contributed by atoms with Gasteiger partial charge in [-0.15, -0.1) is 10.2 Å². The van der Waals surface area contributed by atoms with Gasteiger partial charge in [0, 0.05) is 37.6 Å². The van der Waals surface area contributed by atoms with E-state index in [2.05, 4.69) is 21.5 Å². The van der Waals surface area contributed by atoms with Gasteiger partial charge < -0.3 is 14.7 Å². The summed E-state index contributed by atoms with van der Waals surface area (Å²) in [6, 6.07) is 0.640. The van der Waals surface area contributed by atoms with Gasteiger partial charge in [0.25, 0.3) is 0 Å². The predicted molar refractivity (Wildman–Crippen MR) is 99.2 cm³/mol. The third-order valence-corrected chi connectivity index (χ3v) is 7.36. The fourth-order valence-electron chi connectivity index (χ4n) is 5.78. The number of hydrogen-bond acceptors (Lipinski definition) is 5. The van der Waals surface area contributed by atoms with Crippen LogP contribution >= 0.6 is 0 Å². The summed E-state index contributed by atoms with van der Waals surface area (Å²) in [6.07, 6.45) is 8.04. The summed E-state index contributed by atoms with van der Waals surface area (Å²) in [5, 5.41) is 19.1. The number of ether oxygens (including phenoxy) is 1. The lowest BCUT2D eigenvalue weighted by Crippen LogP contribution is -2.37. The Morgan fingerprint density at radius 1 is 1.15 bits per heavy atom. The highest BCUT2D eigenvalue weighted by Crippen LogP contribution is 2.43. The molecule has 4 fully saturated rings. The summed E-state index contributed by atoms with van der Waals surface area (Å²) in [4.78, 5) is 2.58. The molecule has 5 rings (SSSR count). The van der Waals surface area contributed by atoms with E-state index in [-0.39, 0.29) is 6.10 Å². The van der Waals surface area contributed by atoms with Crippen molar-refractivity contribution < 1.29 is 9.84 Å². The summed E-state index contributed by atoms with van der Waals surface area (Å²) in [6.45, 7) is 6.23. The number of hydrogen-bond donors (Lipinski definition) is 1. The van der Waals surface area contributed by atoms with Crippen molar-refractivity contribution in [3.05, 3.63) is 5.82 Å². The zero-order valence-corrected chi connectivity index (χ0v) is 15.9. The molecule has 0 amide bonds. The first-order valence-corrected chi connectivity index (χ1v) is 10.7. The second kappa shape index (κ2) is 6.79. The Morgan fingerprint density at radius 2 is 2.00 bits per heavy atom. The van der Waals surface area contributed by atoms with Gasteiger partial charge in [-0.3, -0.25) is 4.57 Å². The molecule has 1 aromatic rings. The largest absolute Gasteiger partial charge is 0.393 e. The van der Waals surface area contributed by atoms with Gasteiger partial charge in [-0.2, -0.15) is 0 Å². The molecule has 6 nitrogen and oxygen atoms in total. The molecular weight excluding hydrogens is 328 g/mol. The first-order valence-electron chi connectivity index (χ1n) is 10.7. The topological polar surface area (TPSA) is 63.4 Å². The molecule has 0 bridgehead atoms. The average molecular weight is 361 g/mol. The van der Waals surface area contributed by atoms with E-state index in [9.17, 15) is 5.11 Å². The Balaban J connectivity index is 1.45. The second-order valence-electron chi connectivity index (χ2n) is 9.17. The van der Waals surface area contributed by atoms with Crippen molar-refractivity contribution >= 4 is 5.95 Å². The van der Waals surface area contributed by atoms with Gasteiger partial charge in [0.2, 0.25) is 5.95 Å². The molecule has 26 heavy (non-hydrogen) atoms. The summed E-state index contributed by atoms with van der Waals surface area (Å²) in [7, 11) is 0. The van der Waals surface area contributed by atoms with E-state index in [1.54, 1.807) is 0 Å². The smallest absolute Gasteiger partial charge is 0.227 e. The highest BCUT2D eigenvalue weighted by Gasteiger charge is 2.43. The lowest BCUT2D eigenvalue weighted by Gasteiger charge is -2.34. The average Bonchev–Trinajstić information content (AvgIpc) is 3.33. The molecule has 2 aliphatic heterocycles. The van der Waals surface area contributed by atoms with Crippen LogP contribution in [-0.4, -0.2) is 51.8 Å². The van der Waals surface area contributed by atoms with E-state index in [0.717, 1.165) is 69.2 Å². The van der Waals surface area contributed by atoms with Gasteiger partial charge in [-0.05, 0) is 43.9 Å². The molecular formula is C20H32N4O2. The molecule has 144 valence electrons. The Kier molecular flexibility index (Phi) is 4.44. The molecule has 6 heteroatoms. The standard InChI is InChI=1S/C20H32N4O2/c1-13-10-23(18-5-3-2-4-17(13)18)20-22-21-19(15-8-16(25)9-15)24(20)11-14-6-7-26-12-14/h13-18,25H,2-12H2,1H3. The molecule has 2 saturated heterocycles. The SMILES string of the molecule is CC1CN(c2nnc(C3CC(O)C3)n2CC2CCOC2)C2CCCCC12. The zero-order valence-electron chi connectivity index (χ0n) is 15.9. The second-order valence-corrected chi connectivity index (χ2v) is 9.17. The van der Waals surface area contributed by atoms with Crippen molar-refractivity contribution in [1.29, 1.82) is 0 Å². The summed E-state index contributed by atoms with van der Waals surface area (Å²) < 4.78 is 8.03. The third-order valence-electron chi connectivity index (χ3n) is 7.36. The Morgan fingerprint density at radius 3 is 2.77 bits per heavy atom. The highest BCUT2D eigenvalue weighted by atomic mass is 16.5. The molecule has 0 radical (unpaired) electrons. The predicted octanol–water partition coefficient (Wildman–Crippen LogP) is 2.57. The Hall–Kier alpha value is -1.14. The first kappa shape index (κ1) is 17.0. The summed E-state index contributed by atoms with van der Waals surface area (Å²) in [5.41, 5.74) is 0. The summed E-state index contributed by atoms with van der Waals surface area (Å²) >= 11 is 0. The molecule has 0 aromatic carbocycles. The Bertz CT molecular complexity index is 636. The molecule has 1 N–H and O–H groups in total. The van der Waals surface area contributed by atoms with Crippen LogP contribution in [0.4, 0.5) is 5.95 Å². The van der Waals surface area contributed by atoms with Crippen LogP contribution < -0.4 is 4.90 Å². The molecule has 1 aromatic heterocycles. The van der Waals surface area contributed by atoms with Crippen molar-refractivity contribution in [1.82, 2.24) is 14.8 Å². The number of aliphatic hydroxyl groups is 1. The van der Waals surface area contributed by atoms with Gasteiger partial charge in [0.05, 0.1) is 12.7 Å². The first-order chi connectivity index (χ1) is 12.7. The van der Waals surface area contributed by atoms with E-state index >= 15 is 0 Å². The molecule has 4 unspecified atom stereocenters. The molecule has 3 heterocycles. The highest BCUT2D eigenvalue weighted by molar-refractivity contribution is 5.37. The van der Waals surface area contributed by atoms with Crippen molar-refractivity contribution in [2.24, 2.45) is 17.8 Å². The Labute approximate surface area is 155 Å². The summed E-state index contributed by atoms with van der Waals surface area (Å²) in [5.74, 6) is 4.69. The van der Waals surface area contributed by atoms with Crippen LogP contribution in [0, 0.1) is 17.8 Å². The maximum atomic E-state index is 9.77. The van der Waals surface area contributed by atoms with Crippen molar-refractivity contribution in [3.8, 4) is 0 Å². The van der Waals surface area contributed by atoms with Gasteiger partial charge in [0.1, 0.15) is 5.82 Å². The monoisotopic (exact) mass is 360 g/mol.